The second-order valence-electron chi connectivity index (χ2n) is 3.23. The fraction of sp³-hybridized carbons (Fsp3) is 0.667. The average Bonchev–Trinajstić information content (AvgIpc) is 2.16. The van der Waals surface area contributed by atoms with E-state index in [1.54, 1.807) is 0 Å². The van der Waals surface area contributed by atoms with Crippen LogP contribution in [-0.4, -0.2) is 11.7 Å². The SMILES string of the molecule is CC=C/C=C\CCCCCCCO. The van der Waals surface area contributed by atoms with Crippen molar-refractivity contribution in [2.24, 2.45) is 0 Å². The maximum Gasteiger partial charge on any atom is 0.0431 e. The lowest BCUT2D eigenvalue weighted by molar-refractivity contribution is 0.282. The summed E-state index contributed by atoms with van der Waals surface area (Å²) in [6.45, 7) is 2.38. The van der Waals surface area contributed by atoms with Crippen LogP contribution in [0.1, 0.15) is 45.4 Å². The minimum absolute atomic E-state index is 0.348. The van der Waals surface area contributed by atoms with Gasteiger partial charge >= 0.3 is 0 Å². The summed E-state index contributed by atoms with van der Waals surface area (Å²) in [7, 11) is 0. The number of hydrogen-bond acceptors (Lipinski definition) is 1. The van der Waals surface area contributed by atoms with Crippen LogP contribution in [0.5, 0.6) is 0 Å². The van der Waals surface area contributed by atoms with Crippen molar-refractivity contribution in [2.75, 3.05) is 6.61 Å². The number of rotatable bonds is 8. The molecule has 0 saturated heterocycles. The molecule has 0 saturated carbocycles. The van der Waals surface area contributed by atoms with Gasteiger partial charge in [-0.1, -0.05) is 43.6 Å². The van der Waals surface area contributed by atoms with Crippen molar-refractivity contribution in [3.63, 3.8) is 0 Å². The lowest BCUT2D eigenvalue weighted by Gasteiger charge is -1.96. The van der Waals surface area contributed by atoms with Gasteiger partial charge in [0.05, 0.1) is 0 Å². The number of aliphatic hydroxyl groups excluding tert-OH is 1. The molecule has 1 nitrogen and oxygen atoms in total. The first-order valence-corrected chi connectivity index (χ1v) is 5.30. The predicted octanol–water partition coefficient (Wildman–Crippen LogP) is 3.45. The highest BCUT2D eigenvalue weighted by Crippen LogP contribution is 2.05. The van der Waals surface area contributed by atoms with Crippen molar-refractivity contribution < 1.29 is 5.11 Å². The Morgan fingerprint density at radius 2 is 1.62 bits per heavy atom. The first-order valence-electron chi connectivity index (χ1n) is 5.30. The molecular formula is C12H22O. The molecular weight excluding hydrogens is 160 g/mol. The molecule has 0 rings (SSSR count). The van der Waals surface area contributed by atoms with Crippen LogP contribution in [0.3, 0.4) is 0 Å². The van der Waals surface area contributed by atoms with E-state index in [0.717, 1.165) is 6.42 Å². The first kappa shape index (κ1) is 12.4. The van der Waals surface area contributed by atoms with Gasteiger partial charge < -0.3 is 5.11 Å². The minimum Gasteiger partial charge on any atom is -0.396 e. The van der Waals surface area contributed by atoms with Gasteiger partial charge in [-0.15, -0.1) is 0 Å². The fourth-order valence-corrected chi connectivity index (χ4v) is 1.19. The number of allylic oxidation sites excluding steroid dienone is 4. The van der Waals surface area contributed by atoms with E-state index >= 15 is 0 Å². The molecule has 76 valence electrons. The lowest BCUT2D eigenvalue weighted by Crippen LogP contribution is -1.82. The summed E-state index contributed by atoms with van der Waals surface area (Å²) in [5.41, 5.74) is 0. The molecule has 0 spiro atoms. The molecule has 0 heterocycles. The Morgan fingerprint density at radius 3 is 2.31 bits per heavy atom. The van der Waals surface area contributed by atoms with Gasteiger partial charge in [0.15, 0.2) is 0 Å². The van der Waals surface area contributed by atoms with Gasteiger partial charge in [0.25, 0.3) is 0 Å². The van der Waals surface area contributed by atoms with E-state index in [0.29, 0.717) is 6.61 Å². The van der Waals surface area contributed by atoms with E-state index in [1.807, 2.05) is 13.0 Å². The van der Waals surface area contributed by atoms with Crippen molar-refractivity contribution in [2.45, 2.75) is 45.4 Å². The monoisotopic (exact) mass is 182 g/mol. The van der Waals surface area contributed by atoms with E-state index in [9.17, 15) is 0 Å². The third kappa shape index (κ3) is 11.4. The van der Waals surface area contributed by atoms with Crippen LogP contribution in [0.25, 0.3) is 0 Å². The Morgan fingerprint density at radius 1 is 0.923 bits per heavy atom. The van der Waals surface area contributed by atoms with Crippen LogP contribution in [0.4, 0.5) is 0 Å². The van der Waals surface area contributed by atoms with E-state index in [-0.39, 0.29) is 0 Å². The Bertz CT molecular complexity index is 136. The van der Waals surface area contributed by atoms with Crippen LogP contribution in [0.2, 0.25) is 0 Å². The molecule has 0 aliphatic heterocycles. The molecule has 0 aliphatic rings. The molecule has 0 atom stereocenters. The molecule has 0 unspecified atom stereocenters. The second kappa shape index (κ2) is 11.4. The second-order valence-corrected chi connectivity index (χ2v) is 3.23. The molecule has 1 N–H and O–H groups in total. The van der Waals surface area contributed by atoms with Crippen LogP contribution in [0.15, 0.2) is 24.3 Å². The van der Waals surface area contributed by atoms with Gasteiger partial charge in [0.1, 0.15) is 0 Å². The van der Waals surface area contributed by atoms with Crippen molar-refractivity contribution >= 4 is 0 Å². The van der Waals surface area contributed by atoms with Crippen LogP contribution in [-0.2, 0) is 0 Å². The molecule has 1 heteroatoms. The predicted molar refractivity (Wildman–Crippen MR) is 58.7 cm³/mol. The first-order chi connectivity index (χ1) is 6.41. The molecule has 0 bridgehead atoms. The zero-order chi connectivity index (χ0) is 9.78. The van der Waals surface area contributed by atoms with Crippen LogP contribution < -0.4 is 0 Å². The van der Waals surface area contributed by atoms with Crippen molar-refractivity contribution in [3.8, 4) is 0 Å². The molecule has 0 aliphatic carbocycles. The minimum atomic E-state index is 0.348. The Balaban J connectivity index is 2.99. The smallest absolute Gasteiger partial charge is 0.0431 e. The lowest BCUT2D eigenvalue weighted by atomic mass is 10.1. The van der Waals surface area contributed by atoms with Crippen molar-refractivity contribution in [1.82, 2.24) is 0 Å². The standard InChI is InChI=1S/C12H22O/c1-2-3-4-5-6-7-8-9-10-11-12-13/h2-5,13H,6-12H2,1H3/b3-2?,5-4-. The molecule has 0 amide bonds. The average molecular weight is 182 g/mol. The fourth-order valence-electron chi connectivity index (χ4n) is 1.19. The van der Waals surface area contributed by atoms with Crippen molar-refractivity contribution in [1.29, 1.82) is 0 Å². The van der Waals surface area contributed by atoms with Gasteiger partial charge in [0, 0.05) is 6.61 Å². The van der Waals surface area contributed by atoms with Crippen LogP contribution in [0, 0.1) is 0 Å². The Labute approximate surface area is 82.2 Å². The Kier molecular flexibility index (Phi) is 10.9. The molecule has 13 heavy (non-hydrogen) atoms. The molecule has 0 fully saturated rings. The van der Waals surface area contributed by atoms with Gasteiger partial charge in [-0.25, -0.2) is 0 Å². The highest BCUT2D eigenvalue weighted by molar-refractivity contribution is 5.00. The highest BCUT2D eigenvalue weighted by Gasteiger charge is 1.87. The molecule has 0 aromatic heterocycles. The van der Waals surface area contributed by atoms with Gasteiger partial charge in [-0.05, 0) is 26.2 Å². The summed E-state index contributed by atoms with van der Waals surface area (Å²) in [4.78, 5) is 0. The van der Waals surface area contributed by atoms with E-state index in [2.05, 4.69) is 18.2 Å². The molecule has 0 aromatic carbocycles. The van der Waals surface area contributed by atoms with Gasteiger partial charge in [-0.2, -0.15) is 0 Å². The van der Waals surface area contributed by atoms with Crippen molar-refractivity contribution in [3.05, 3.63) is 24.3 Å². The molecule has 0 radical (unpaired) electrons. The topological polar surface area (TPSA) is 20.2 Å². The van der Waals surface area contributed by atoms with E-state index in [4.69, 9.17) is 5.11 Å². The zero-order valence-corrected chi connectivity index (χ0v) is 8.71. The summed E-state index contributed by atoms with van der Waals surface area (Å²) in [5, 5.41) is 8.55. The van der Waals surface area contributed by atoms with E-state index in [1.165, 1.54) is 32.1 Å². The maximum absolute atomic E-state index is 8.55. The summed E-state index contributed by atoms with van der Waals surface area (Å²) < 4.78 is 0. The normalized spacial score (nSPS) is 11.8. The van der Waals surface area contributed by atoms with Gasteiger partial charge in [0.2, 0.25) is 0 Å². The number of hydrogen-bond donors (Lipinski definition) is 1. The summed E-state index contributed by atoms with van der Waals surface area (Å²) in [6.07, 6.45) is 15.6. The molecule has 0 aromatic rings. The summed E-state index contributed by atoms with van der Waals surface area (Å²) >= 11 is 0. The maximum atomic E-state index is 8.55. The third-order valence-electron chi connectivity index (χ3n) is 1.97. The number of unbranched alkanes of at least 4 members (excludes halogenated alkanes) is 5. The van der Waals surface area contributed by atoms with Gasteiger partial charge in [-0.3, -0.25) is 0 Å². The van der Waals surface area contributed by atoms with Crippen LogP contribution >= 0.6 is 0 Å². The third-order valence-corrected chi connectivity index (χ3v) is 1.97. The summed E-state index contributed by atoms with van der Waals surface area (Å²) in [5.74, 6) is 0. The number of aliphatic hydroxyl groups is 1. The largest absolute Gasteiger partial charge is 0.396 e. The zero-order valence-electron chi connectivity index (χ0n) is 8.71. The quantitative estimate of drug-likeness (QED) is 0.450. The Hall–Kier alpha value is -0.560. The highest BCUT2D eigenvalue weighted by atomic mass is 16.2. The van der Waals surface area contributed by atoms with E-state index < -0.39 is 0 Å². The summed E-state index contributed by atoms with van der Waals surface area (Å²) in [6, 6.07) is 0.